The summed E-state index contributed by atoms with van der Waals surface area (Å²) >= 11 is 0. The molecule has 1 N–H and O–H groups in total. The summed E-state index contributed by atoms with van der Waals surface area (Å²) < 4.78 is 0. The van der Waals surface area contributed by atoms with E-state index in [1.807, 2.05) is 0 Å². The monoisotopic (exact) mass is 212 g/mol. The van der Waals surface area contributed by atoms with Crippen LogP contribution in [0, 0.1) is 5.92 Å². The molecule has 1 heterocycles. The van der Waals surface area contributed by atoms with Crippen LogP contribution in [-0.2, 0) is 9.59 Å². The molecule has 0 radical (unpaired) electrons. The lowest BCUT2D eigenvalue weighted by atomic mass is 9.96. The molecular formula is C11H20N2O2. The molecule has 2 amide bonds. The number of rotatable bonds is 3. The van der Waals surface area contributed by atoms with Gasteiger partial charge in [0, 0.05) is 6.54 Å². The third kappa shape index (κ3) is 2.30. The molecule has 0 aliphatic carbocycles. The quantitative estimate of drug-likeness (QED) is 0.751. The Hall–Kier alpha value is -1.06. The lowest BCUT2D eigenvalue weighted by Crippen LogP contribution is -2.65. The van der Waals surface area contributed by atoms with Crippen LogP contribution in [0.3, 0.4) is 0 Å². The number of nitrogens with zero attached hydrogens (tertiary/aromatic N) is 1. The molecule has 15 heavy (non-hydrogen) atoms. The SMILES string of the molecule is CCC(C)CN1C(=O)CNC(=O)C1(C)C. The molecule has 1 atom stereocenters. The zero-order valence-electron chi connectivity index (χ0n) is 9.96. The van der Waals surface area contributed by atoms with E-state index in [1.54, 1.807) is 18.7 Å². The molecule has 4 nitrogen and oxygen atoms in total. The van der Waals surface area contributed by atoms with Crippen molar-refractivity contribution in [3.05, 3.63) is 0 Å². The molecule has 86 valence electrons. The second-order valence-electron chi connectivity index (χ2n) is 4.76. The standard InChI is InChI=1S/C11H20N2O2/c1-5-8(2)7-13-9(14)6-12-10(15)11(13,3)4/h8H,5-7H2,1-4H3,(H,12,15). The molecule has 1 rings (SSSR count). The predicted molar refractivity (Wildman–Crippen MR) is 58.3 cm³/mol. The molecular weight excluding hydrogens is 192 g/mol. The smallest absolute Gasteiger partial charge is 0.245 e. The summed E-state index contributed by atoms with van der Waals surface area (Å²) in [4.78, 5) is 25.0. The predicted octanol–water partition coefficient (Wildman–Crippen LogP) is 0.769. The molecule has 0 bridgehead atoms. The van der Waals surface area contributed by atoms with Crippen LogP contribution in [0.25, 0.3) is 0 Å². The van der Waals surface area contributed by atoms with E-state index in [0.29, 0.717) is 12.5 Å². The summed E-state index contributed by atoms with van der Waals surface area (Å²) in [6, 6.07) is 0. The normalized spacial score (nSPS) is 22.5. The van der Waals surface area contributed by atoms with Crippen molar-refractivity contribution in [2.75, 3.05) is 13.1 Å². The Balaban J connectivity index is 2.81. The Bertz CT molecular complexity index is 274. The van der Waals surface area contributed by atoms with Gasteiger partial charge < -0.3 is 10.2 Å². The number of nitrogens with one attached hydrogen (secondary N) is 1. The zero-order valence-corrected chi connectivity index (χ0v) is 9.96. The first-order valence-electron chi connectivity index (χ1n) is 5.48. The highest BCUT2D eigenvalue weighted by molar-refractivity contribution is 5.97. The third-order valence-electron chi connectivity index (χ3n) is 3.12. The maximum absolute atomic E-state index is 11.7. The molecule has 0 saturated carbocycles. The fourth-order valence-electron chi connectivity index (χ4n) is 1.67. The first-order valence-corrected chi connectivity index (χ1v) is 5.48. The van der Waals surface area contributed by atoms with Crippen molar-refractivity contribution in [2.45, 2.75) is 39.7 Å². The van der Waals surface area contributed by atoms with Gasteiger partial charge in [0.2, 0.25) is 11.8 Å². The summed E-state index contributed by atoms with van der Waals surface area (Å²) in [5.41, 5.74) is -0.710. The topological polar surface area (TPSA) is 49.4 Å². The van der Waals surface area contributed by atoms with Crippen molar-refractivity contribution in [1.82, 2.24) is 10.2 Å². The molecule has 0 spiro atoms. The van der Waals surface area contributed by atoms with Crippen LogP contribution in [0.5, 0.6) is 0 Å². The molecule has 1 fully saturated rings. The second kappa shape index (κ2) is 4.21. The van der Waals surface area contributed by atoms with E-state index in [1.165, 1.54) is 0 Å². The molecule has 1 aliphatic heterocycles. The first-order chi connectivity index (χ1) is 6.89. The van der Waals surface area contributed by atoms with Crippen molar-refractivity contribution >= 4 is 11.8 Å². The number of piperazine rings is 1. The second-order valence-corrected chi connectivity index (χ2v) is 4.76. The molecule has 1 saturated heterocycles. The molecule has 1 aliphatic rings. The zero-order chi connectivity index (χ0) is 11.6. The van der Waals surface area contributed by atoms with E-state index >= 15 is 0 Å². The molecule has 0 aromatic heterocycles. The van der Waals surface area contributed by atoms with Crippen LogP contribution in [0.2, 0.25) is 0 Å². The van der Waals surface area contributed by atoms with Crippen LogP contribution >= 0.6 is 0 Å². The number of hydrogen-bond donors (Lipinski definition) is 1. The summed E-state index contributed by atoms with van der Waals surface area (Å²) in [5.74, 6) is 0.379. The van der Waals surface area contributed by atoms with E-state index in [9.17, 15) is 9.59 Å². The number of hydrogen-bond acceptors (Lipinski definition) is 2. The van der Waals surface area contributed by atoms with E-state index in [-0.39, 0.29) is 18.4 Å². The van der Waals surface area contributed by atoms with Gasteiger partial charge in [-0.25, -0.2) is 0 Å². The fourth-order valence-corrected chi connectivity index (χ4v) is 1.67. The minimum absolute atomic E-state index is 0.0138. The highest BCUT2D eigenvalue weighted by Gasteiger charge is 2.41. The fraction of sp³-hybridized carbons (Fsp3) is 0.818. The number of amides is 2. The highest BCUT2D eigenvalue weighted by atomic mass is 16.2. The van der Waals surface area contributed by atoms with Gasteiger partial charge in [-0.3, -0.25) is 9.59 Å². The molecule has 0 aromatic carbocycles. The lowest BCUT2D eigenvalue weighted by Gasteiger charge is -2.42. The van der Waals surface area contributed by atoms with Crippen molar-refractivity contribution in [1.29, 1.82) is 0 Å². The maximum atomic E-state index is 11.7. The van der Waals surface area contributed by atoms with Crippen molar-refractivity contribution < 1.29 is 9.59 Å². The van der Waals surface area contributed by atoms with Crippen molar-refractivity contribution in [3.63, 3.8) is 0 Å². The Labute approximate surface area is 91.0 Å². The highest BCUT2D eigenvalue weighted by Crippen LogP contribution is 2.20. The number of carbonyl (C=O) groups excluding carboxylic acids is 2. The van der Waals surface area contributed by atoms with Gasteiger partial charge in [-0.05, 0) is 19.8 Å². The van der Waals surface area contributed by atoms with Crippen LogP contribution in [-0.4, -0.2) is 35.3 Å². The minimum atomic E-state index is -0.710. The van der Waals surface area contributed by atoms with Gasteiger partial charge in [0.05, 0.1) is 6.54 Å². The summed E-state index contributed by atoms with van der Waals surface area (Å²) in [6.07, 6.45) is 1.02. The Morgan fingerprint density at radius 3 is 2.60 bits per heavy atom. The average Bonchev–Trinajstić information content (AvgIpc) is 2.19. The van der Waals surface area contributed by atoms with Crippen LogP contribution in [0.4, 0.5) is 0 Å². The van der Waals surface area contributed by atoms with Crippen LogP contribution in [0.1, 0.15) is 34.1 Å². The summed E-state index contributed by atoms with van der Waals surface area (Å²) in [6.45, 7) is 8.57. The molecule has 4 heteroatoms. The maximum Gasteiger partial charge on any atom is 0.245 e. The van der Waals surface area contributed by atoms with Gasteiger partial charge >= 0.3 is 0 Å². The molecule has 1 unspecified atom stereocenters. The summed E-state index contributed by atoms with van der Waals surface area (Å²) in [5, 5.41) is 2.61. The largest absolute Gasteiger partial charge is 0.345 e. The van der Waals surface area contributed by atoms with Crippen molar-refractivity contribution in [2.24, 2.45) is 5.92 Å². The lowest BCUT2D eigenvalue weighted by molar-refractivity contribution is -0.152. The van der Waals surface area contributed by atoms with Crippen LogP contribution < -0.4 is 5.32 Å². The van der Waals surface area contributed by atoms with Crippen LogP contribution in [0.15, 0.2) is 0 Å². The molecule has 0 aromatic rings. The Morgan fingerprint density at radius 1 is 1.47 bits per heavy atom. The van der Waals surface area contributed by atoms with Gasteiger partial charge in [-0.2, -0.15) is 0 Å². The van der Waals surface area contributed by atoms with Gasteiger partial charge in [0.25, 0.3) is 0 Å². The van der Waals surface area contributed by atoms with Gasteiger partial charge in [-0.1, -0.05) is 20.3 Å². The van der Waals surface area contributed by atoms with Gasteiger partial charge in [0.1, 0.15) is 5.54 Å². The van der Waals surface area contributed by atoms with E-state index in [4.69, 9.17) is 0 Å². The van der Waals surface area contributed by atoms with Gasteiger partial charge in [-0.15, -0.1) is 0 Å². The number of carbonyl (C=O) groups is 2. The van der Waals surface area contributed by atoms with E-state index in [0.717, 1.165) is 6.42 Å². The Kier molecular flexibility index (Phi) is 3.37. The third-order valence-corrected chi connectivity index (χ3v) is 3.12. The minimum Gasteiger partial charge on any atom is -0.345 e. The van der Waals surface area contributed by atoms with Gasteiger partial charge in [0.15, 0.2) is 0 Å². The van der Waals surface area contributed by atoms with E-state index in [2.05, 4.69) is 19.2 Å². The summed E-state index contributed by atoms with van der Waals surface area (Å²) in [7, 11) is 0. The van der Waals surface area contributed by atoms with Crippen molar-refractivity contribution in [3.8, 4) is 0 Å². The Morgan fingerprint density at radius 2 is 2.07 bits per heavy atom. The average molecular weight is 212 g/mol. The van der Waals surface area contributed by atoms with E-state index < -0.39 is 5.54 Å². The first kappa shape index (κ1) is 12.0.